The van der Waals surface area contributed by atoms with Crippen LogP contribution in [0.4, 0.5) is 11.5 Å². The minimum Gasteiger partial charge on any atom is -0.383 e. The van der Waals surface area contributed by atoms with Gasteiger partial charge in [0.1, 0.15) is 11.6 Å². The van der Waals surface area contributed by atoms with Gasteiger partial charge in [0.25, 0.3) is 5.56 Å². The Hall–Kier alpha value is -2.56. The van der Waals surface area contributed by atoms with E-state index >= 15 is 0 Å². The topological polar surface area (TPSA) is 132 Å². The first-order valence-corrected chi connectivity index (χ1v) is 10.4. The molecule has 0 unspecified atom stereocenters. The largest absolute Gasteiger partial charge is 0.383 e. The molecule has 0 aliphatic rings. The molecule has 0 aliphatic carbocycles. The molecule has 2 rings (SSSR count). The van der Waals surface area contributed by atoms with Gasteiger partial charge < -0.3 is 15.2 Å². The molecule has 10 nitrogen and oxygen atoms in total. The Bertz CT molecular complexity index is 990. The lowest BCUT2D eigenvalue weighted by atomic mass is 10.2. The Labute approximate surface area is 173 Å². The highest BCUT2D eigenvalue weighted by Crippen LogP contribution is 2.22. The third-order valence-corrected chi connectivity index (χ3v) is 5.26. The molecule has 1 amide bonds. The minimum absolute atomic E-state index is 0.000882. The van der Waals surface area contributed by atoms with Crippen molar-refractivity contribution < 1.29 is 4.79 Å². The van der Waals surface area contributed by atoms with E-state index in [4.69, 9.17) is 5.73 Å². The second-order valence-electron chi connectivity index (χ2n) is 7.77. The highest BCUT2D eigenvalue weighted by molar-refractivity contribution is 7.99. The number of anilines is 2. The van der Waals surface area contributed by atoms with Gasteiger partial charge in [-0.3, -0.25) is 19.1 Å². The predicted octanol–water partition coefficient (Wildman–Crippen LogP) is 0.993. The lowest BCUT2D eigenvalue weighted by molar-refractivity contribution is -0.116. The molecule has 3 N–H and O–H groups in total. The summed E-state index contributed by atoms with van der Waals surface area (Å²) in [5.41, 5.74) is 4.97. The molecule has 2 aromatic heterocycles. The smallest absolute Gasteiger partial charge is 0.330 e. The maximum absolute atomic E-state index is 13.0. The van der Waals surface area contributed by atoms with Crippen LogP contribution in [0.5, 0.6) is 0 Å². The normalized spacial score (nSPS) is 11.4. The summed E-state index contributed by atoms with van der Waals surface area (Å²) in [4.78, 5) is 41.5. The van der Waals surface area contributed by atoms with E-state index in [1.165, 1.54) is 21.2 Å². The number of hydrogen-bond acceptors (Lipinski definition) is 7. The van der Waals surface area contributed by atoms with Crippen LogP contribution in [0.15, 0.2) is 14.7 Å². The molecule has 0 aliphatic heterocycles. The number of nitrogens with one attached hydrogen (secondary N) is 1. The summed E-state index contributed by atoms with van der Waals surface area (Å²) >= 11 is 1.23. The Morgan fingerprint density at radius 2 is 1.86 bits per heavy atom. The van der Waals surface area contributed by atoms with Gasteiger partial charge in [0.05, 0.1) is 5.75 Å². The third kappa shape index (κ3) is 5.28. The number of hydrogen-bond donors (Lipinski definition) is 2. The molecule has 0 atom stereocenters. The van der Waals surface area contributed by atoms with E-state index in [-0.39, 0.29) is 35.0 Å². The molecule has 0 bridgehead atoms. The fourth-order valence-corrected chi connectivity index (χ4v) is 3.62. The molecular formula is C18H29N7O3S. The van der Waals surface area contributed by atoms with Crippen molar-refractivity contribution in [2.75, 3.05) is 22.9 Å². The average molecular weight is 424 g/mol. The number of H-pyrrole nitrogens is 1. The molecular weight excluding hydrogens is 394 g/mol. The number of thioether (sulfide) groups is 1. The van der Waals surface area contributed by atoms with Gasteiger partial charge in [-0.15, -0.1) is 10.2 Å². The Balaban J connectivity index is 2.41. The summed E-state index contributed by atoms with van der Waals surface area (Å²) in [6.07, 6.45) is 0. The number of amides is 1. The van der Waals surface area contributed by atoms with E-state index in [9.17, 15) is 14.4 Å². The van der Waals surface area contributed by atoms with Gasteiger partial charge in [-0.1, -0.05) is 39.5 Å². The zero-order chi connectivity index (χ0) is 21.9. The molecule has 0 saturated carbocycles. The maximum Gasteiger partial charge on any atom is 0.330 e. The average Bonchev–Trinajstić information content (AvgIpc) is 2.93. The lowest BCUT2D eigenvalue weighted by Crippen LogP contribution is -2.43. The SMILES string of the molecule is Cc1nnc(SCC(=O)N(CC(C)C)c2c(N)n(CC(C)C)c(=O)[nH]c2=O)n1C. The Morgan fingerprint density at radius 1 is 1.21 bits per heavy atom. The van der Waals surface area contributed by atoms with Crippen molar-refractivity contribution in [3.8, 4) is 0 Å². The minimum atomic E-state index is -0.666. The molecule has 0 saturated heterocycles. The molecule has 0 fully saturated rings. The van der Waals surface area contributed by atoms with Gasteiger partial charge in [-0.25, -0.2) is 4.79 Å². The first kappa shape index (κ1) is 22.7. The van der Waals surface area contributed by atoms with Gasteiger partial charge in [-0.2, -0.15) is 0 Å². The highest BCUT2D eigenvalue weighted by Gasteiger charge is 2.25. The van der Waals surface area contributed by atoms with Crippen LogP contribution in [0.1, 0.15) is 33.5 Å². The Kier molecular flexibility index (Phi) is 7.28. The van der Waals surface area contributed by atoms with Crippen LogP contribution in [0.25, 0.3) is 0 Å². The van der Waals surface area contributed by atoms with Crippen LogP contribution in [0.3, 0.4) is 0 Å². The highest BCUT2D eigenvalue weighted by atomic mass is 32.2. The quantitative estimate of drug-likeness (QED) is 0.605. The van der Waals surface area contributed by atoms with E-state index in [1.54, 1.807) is 4.57 Å². The zero-order valence-electron chi connectivity index (χ0n) is 17.7. The zero-order valence-corrected chi connectivity index (χ0v) is 18.5. The van der Waals surface area contributed by atoms with Crippen molar-refractivity contribution in [2.24, 2.45) is 18.9 Å². The molecule has 0 radical (unpaired) electrons. The van der Waals surface area contributed by atoms with Crippen LogP contribution >= 0.6 is 11.8 Å². The second kappa shape index (κ2) is 9.29. The molecule has 160 valence electrons. The van der Waals surface area contributed by atoms with Crippen LogP contribution in [0, 0.1) is 18.8 Å². The van der Waals surface area contributed by atoms with Gasteiger partial charge in [0.2, 0.25) is 5.91 Å². The summed E-state index contributed by atoms with van der Waals surface area (Å²) in [5.74, 6) is 0.724. The monoisotopic (exact) mass is 423 g/mol. The van der Waals surface area contributed by atoms with Crippen LogP contribution in [-0.2, 0) is 18.4 Å². The first-order valence-electron chi connectivity index (χ1n) is 9.44. The summed E-state index contributed by atoms with van der Waals surface area (Å²) in [7, 11) is 1.82. The third-order valence-electron chi connectivity index (χ3n) is 4.26. The number of aryl methyl sites for hydroxylation is 1. The standard InChI is InChI=1S/C18H29N7O3S/c1-10(2)7-24(13(26)9-29-18-22-21-12(5)23(18)6)14-15(19)25(8-11(3)4)17(28)20-16(14)27/h10-11H,7-9,19H2,1-6H3,(H,20,27,28). The molecule has 0 aromatic carbocycles. The van der Waals surface area contributed by atoms with E-state index < -0.39 is 11.2 Å². The maximum atomic E-state index is 13.0. The van der Waals surface area contributed by atoms with Crippen molar-refractivity contribution >= 4 is 29.2 Å². The Morgan fingerprint density at radius 3 is 2.38 bits per heavy atom. The molecule has 0 spiro atoms. The molecule has 2 heterocycles. The molecule has 29 heavy (non-hydrogen) atoms. The number of carbonyl (C=O) groups is 1. The van der Waals surface area contributed by atoms with Crippen molar-refractivity contribution in [3.05, 3.63) is 26.7 Å². The number of aromatic nitrogens is 5. The van der Waals surface area contributed by atoms with E-state index in [0.717, 1.165) is 5.82 Å². The van der Waals surface area contributed by atoms with E-state index in [1.807, 2.05) is 41.7 Å². The fourth-order valence-electron chi connectivity index (χ4n) is 2.79. The number of aromatic amines is 1. The van der Waals surface area contributed by atoms with Crippen molar-refractivity contribution in [1.29, 1.82) is 0 Å². The molecule has 2 aromatic rings. The summed E-state index contributed by atoms with van der Waals surface area (Å²) < 4.78 is 3.09. The van der Waals surface area contributed by atoms with Gasteiger partial charge >= 0.3 is 5.69 Å². The number of nitrogens with zero attached hydrogens (tertiary/aromatic N) is 5. The molecule has 11 heteroatoms. The van der Waals surface area contributed by atoms with E-state index in [0.29, 0.717) is 18.2 Å². The van der Waals surface area contributed by atoms with Crippen LogP contribution < -0.4 is 21.9 Å². The van der Waals surface area contributed by atoms with Crippen molar-refractivity contribution in [3.63, 3.8) is 0 Å². The summed E-state index contributed by atoms with van der Waals surface area (Å²) in [6.45, 7) is 10.2. The number of nitrogens with two attached hydrogens (primary N) is 1. The first-order chi connectivity index (χ1) is 13.5. The van der Waals surface area contributed by atoms with Crippen molar-refractivity contribution in [1.82, 2.24) is 24.3 Å². The second-order valence-corrected chi connectivity index (χ2v) is 8.72. The van der Waals surface area contributed by atoms with Crippen LogP contribution in [-0.4, -0.2) is 42.5 Å². The lowest BCUT2D eigenvalue weighted by Gasteiger charge is -2.26. The van der Waals surface area contributed by atoms with Gasteiger partial charge in [-0.05, 0) is 18.8 Å². The van der Waals surface area contributed by atoms with Gasteiger partial charge in [0.15, 0.2) is 10.8 Å². The summed E-state index contributed by atoms with van der Waals surface area (Å²) in [5, 5.41) is 8.62. The fraction of sp³-hybridized carbons (Fsp3) is 0.611. The summed E-state index contributed by atoms with van der Waals surface area (Å²) in [6, 6.07) is 0. The van der Waals surface area contributed by atoms with Gasteiger partial charge in [0, 0.05) is 20.1 Å². The van der Waals surface area contributed by atoms with Crippen molar-refractivity contribution in [2.45, 2.75) is 46.3 Å². The van der Waals surface area contributed by atoms with E-state index in [2.05, 4.69) is 15.2 Å². The predicted molar refractivity (Wildman–Crippen MR) is 114 cm³/mol. The van der Waals surface area contributed by atoms with Crippen LogP contribution in [0.2, 0.25) is 0 Å². The number of nitrogen functional groups attached to an aromatic ring is 1. The number of rotatable bonds is 8. The number of carbonyl (C=O) groups excluding carboxylic acids is 1.